The van der Waals surface area contributed by atoms with E-state index in [1.165, 1.54) is 0 Å². The predicted molar refractivity (Wildman–Crippen MR) is 53.4 cm³/mol. The highest BCUT2D eigenvalue weighted by atomic mass is 79.9. The number of anilines is 1. The second kappa shape index (κ2) is 3.39. The highest BCUT2D eigenvalue weighted by Crippen LogP contribution is 2.31. The van der Waals surface area contributed by atoms with Crippen molar-refractivity contribution in [2.24, 2.45) is 0 Å². The van der Waals surface area contributed by atoms with Gasteiger partial charge in [0.05, 0.1) is 11.9 Å². The lowest BCUT2D eigenvalue weighted by Crippen LogP contribution is -2.30. The van der Waals surface area contributed by atoms with Crippen LogP contribution in [-0.2, 0) is 11.2 Å². The van der Waals surface area contributed by atoms with E-state index < -0.39 is 0 Å². The first-order chi connectivity index (χ1) is 6.74. The van der Waals surface area contributed by atoms with E-state index in [1.54, 1.807) is 12.4 Å². The fourth-order valence-corrected chi connectivity index (χ4v) is 2.00. The van der Waals surface area contributed by atoms with Gasteiger partial charge in [0.25, 0.3) is 0 Å². The highest BCUT2D eigenvalue weighted by molar-refractivity contribution is 9.10. The number of nitriles is 1. The number of carbonyl (C=O) groups excluding carboxylic acids is 1. The van der Waals surface area contributed by atoms with E-state index in [9.17, 15) is 4.79 Å². The van der Waals surface area contributed by atoms with Crippen LogP contribution in [0.25, 0.3) is 0 Å². The Morgan fingerprint density at radius 1 is 1.50 bits per heavy atom. The highest BCUT2D eigenvalue weighted by Gasteiger charge is 2.25. The van der Waals surface area contributed by atoms with E-state index >= 15 is 0 Å². The lowest BCUT2D eigenvalue weighted by atomic mass is 10.0. The predicted octanol–water partition coefficient (Wildman–Crippen LogP) is 1.60. The van der Waals surface area contributed by atoms with Crippen molar-refractivity contribution in [1.29, 1.82) is 5.26 Å². The van der Waals surface area contributed by atoms with Crippen LogP contribution in [0.2, 0.25) is 0 Å². The third-order valence-corrected chi connectivity index (χ3v) is 2.84. The van der Waals surface area contributed by atoms with E-state index in [0.29, 0.717) is 18.5 Å². The quantitative estimate of drug-likeness (QED) is 0.659. The Morgan fingerprint density at radius 3 is 3.00 bits per heavy atom. The van der Waals surface area contributed by atoms with Crippen molar-refractivity contribution in [2.45, 2.75) is 12.8 Å². The van der Waals surface area contributed by atoms with E-state index in [4.69, 9.17) is 5.26 Å². The molecule has 4 nitrogen and oxygen atoms in total. The number of hydrogen-bond acceptors (Lipinski definition) is 3. The maximum absolute atomic E-state index is 11.4. The minimum Gasteiger partial charge on any atom is -0.273 e. The van der Waals surface area contributed by atoms with Gasteiger partial charge in [0.2, 0.25) is 5.91 Å². The summed E-state index contributed by atoms with van der Waals surface area (Å²) >= 11 is 3.35. The largest absolute Gasteiger partial charge is 0.273 e. The molecule has 0 saturated heterocycles. The number of rotatable bonds is 0. The molecular weight excluding hydrogens is 246 g/mol. The normalized spacial score (nSPS) is 14.9. The molecular formula is C9H6BrN3O. The average Bonchev–Trinajstić information content (AvgIpc) is 2.18. The van der Waals surface area contributed by atoms with Crippen LogP contribution < -0.4 is 4.90 Å². The van der Waals surface area contributed by atoms with Crippen molar-refractivity contribution in [1.82, 2.24) is 4.98 Å². The van der Waals surface area contributed by atoms with Crippen molar-refractivity contribution in [3.05, 3.63) is 22.4 Å². The van der Waals surface area contributed by atoms with Gasteiger partial charge >= 0.3 is 0 Å². The zero-order valence-corrected chi connectivity index (χ0v) is 8.78. The van der Waals surface area contributed by atoms with Crippen molar-refractivity contribution in [3.63, 3.8) is 0 Å². The van der Waals surface area contributed by atoms with Gasteiger partial charge in [-0.1, -0.05) is 0 Å². The number of hydrogen-bond donors (Lipinski definition) is 0. The van der Waals surface area contributed by atoms with Crippen LogP contribution in [0.1, 0.15) is 12.0 Å². The lowest BCUT2D eigenvalue weighted by molar-refractivity contribution is -0.118. The van der Waals surface area contributed by atoms with Gasteiger partial charge < -0.3 is 0 Å². The van der Waals surface area contributed by atoms with Gasteiger partial charge in [0, 0.05) is 17.1 Å². The van der Waals surface area contributed by atoms with Gasteiger partial charge in [-0.3, -0.25) is 9.78 Å². The Labute approximate surface area is 89.3 Å². The van der Waals surface area contributed by atoms with Crippen molar-refractivity contribution in [2.75, 3.05) is 4.90 Å². The topological polar surface area (TPSA) is 57.0 Å². The maximum Gasteiger partial charge on any atom is 0.240 e. The summed E-state index contributed by atoms with van der Waals surface area (Å²) in [4.78, 5) is 16.4. The molecule has 0 aromatic carbocycles. The third kappa shape index (κ3) is 1.28. The van der Waals surface area contributed by atoms with Crippen molar-refractivity contribution < 1.29 is 4.79 Å². The van der Waals surface area contributed by atoms with Crippen LogP contribution in [0.4, 0.5) is 5.69 Å². The van der Waals surface area contributed by atoms with Gasteiger partial charge in [-0.05, 0) is 27.9 Å². The second-order valence-electron chi connectivity index (χ2n) is 2.95. The van der Waals surface area contributed by atoms with Gasteiger partial charge in [0.1, 0.15) is 0 Å². The van der Waals surface area contributed by atoms with Crippen LogP contribution >= 0.6 is 15.9 Å². The number of pyridine rings is 1. The monoisotopic (exact) mass is 251 g/mol. The van der Waals surface area contributed by atoms with Crippen LogP contribution in [0.15, 0.2) is 16.9 Å². The zero-order valence-electron chi connectivity index (χ0n) is 7.20. The number of fused-ring (bicyclic) bond motifs is 1. The number of carbonyl (C=O) groups is 1. The molecule has 1 amide bonds. The summed E-state index contributed by atoms with van der Waals surface area (Å²) in [6, 6.07) is 0. The molecule has 2 rings (SSSR count). The molecule has 14 heavy (non-hydrogen) atoms. The Hall–Kier alpha value is -1.41. The molecule has 0 N–H and O–H groups in total. The number of aromatic nitrogens is 1. The standard InChI is InChI=1S/C9H6BrN3O/c10-7-3-12-4-8-6(7)1-2-9(14)13(8)5-11/h3-4H,1-2H2. The van der Waals surface area contributed by atoms with Crippen LogP contribution in [0.5, 0.6) is 0 Å². The molecule has 0 saturated carbocycles. The third-order valence-electron chi connectivity index (χ3n) is 2.16. The van der Waals surface area contributed by atoms with E-state index in [-0.39, 0.29) is 5.91 Å². The fourth-order valence-electron chi connectivity index (χ4n) is 1.48. The zero-order chi connectivity index (χ0) is 10.1. The maximum atomic E-state index is 11.4. The minimum atomic E-state index is -0.167. The molecule has 0 unspecified atom stereocenters. The second-order valence-corrected chi connectivity index (χ2v) is 3.80. The summed E-state index contributed by atoms with van der Waals surface area (Å²) in [5.41, 5.74) is 1.57. The first kappa shape index (κ1) is 9.16. The Morgan fingerprint density at radius 2 is 2.29 bits per heavy atom. The summed E-state index contributed by atoms with van der Waals surface area (Å²) in [5.74, 6) is -0.167. The fraction of sp³-hybridized carbons (Fsp3) is 0.222. The molecule has 1 aromatic rings. The molecule has 1 aliphatic heterocycles. The van der Waals surface area contributed by atoms with Crippen LogP contribution in [-0.4, -0.2) is 10.9 Å². The molecule has 0 radical (unpaired) electrons. The summed E-state index contributed by atoms with van der Waals surface area (Å²) < 4.78 is 0.850. The van der Waals surface area contributed by atoms with E-state index in [2.05, 4.69) is 20.9 Å². The molecule has 0 bridgehead atoms. The first-order valence-corrected chi connectivity index (χ1v) is 4.88. The van der Waals surface area contributed by atoms with Gasteiger partial charge in [-0.25, -0.2) is 4.90 Å². The van der Waals surface area contributed by atoms with E-state index in [0.717, 1.165) is 14.9 Å². The summed E-state index contributed by atoms with van der Waals surface area (Å²) in [6.45, 7) is 0. The molecule has 70 valence electrons. The van der Waals surface area contributed by atoms with Crippen molar-refractivity contribution >= 4 is 27.5 Å². The van der Waals surface area contributed by atoms with Crippen LogP contribution in [0.3, 0.4) is 0 Å². The Bertz CT molecular complexity index is 438. The molecule has 0 atom stereocenters. The lowest BCUT2D eigenvalue weighted by Gasteiger charge is -2.22. The number of halogens is 1. The Kier molecular flexibility index (Phi) is 2.22. The molecule has 5 heteroatoms. The molecule has 0 aliphatic carbocycles. The molecule has 1 aromatic heterocycles. The molecule has 0 fully saturated rings. The summed E-state index contributed by atoms with van der Waals surface area (Å²) in [5, 5.41) is 8.81. The van der Waals surface area contributed by atoms with Gasteiger partial charge in [0.15, 0.2) is 6.19 Å². The van der Waals surface area contributed by atoms with Gasteiger partial charge in [-0.2, -0.15) is 5.26 Å². The number of nitrogens with zero attached hydrogens (tertiary/aromatic N) is 3. The van der Waals surface area contributed by atoms with E-state index in [1.807, 2.05) is 6.19 Å². The first-order valence-electron chi connectivity index (χ1n) is 4.09. The van der Waals surface area contributed by atoms with Gasteiger partial charge in [-0.15, -0.1) is 0 Å². The summed E-state index contributed by atoms with van der Waals surface area (Å²) in [7, 11) is 0. The van der Waals surface area contributed by atoms with Crippen molar-refractivity contribution in [3.8, 4) is 6.19 Å². The Balaban J connectivity index is 2.59. The smallest absolute Gasteiger partial charge is 0.240 e. The molecule has 2 heterocycles. The minimum absolute atomic E-state index is 0.167. The SMILES string of the molecule is N#CN1C(=O)CCc2c(Br)cncc21. The molecule has 0 spiro atoms. The average molecular weight is 252 g/mol. The summed E-state index contributed by atoms with van der Waals surface area (Å²) in [6.07, 6.45) is 6.11. The number of amides is 1. The molecule has 1 aliphatic rings. The van der Waals surface area contributed by atoms with Crippen LogP contribution in [0, 0.1) is 11.5 Å².